The van der Waals surface area contributed by atoms with Gasteiger partial charge in [0.15, 0.2) is 0 Å². The first-order chi connectivity index (χ1) is 11.2. The second-order valence-corrected chi connectivity index (χ2v) is 9.59. The topological polar surface area (TPSA) is 121 Å². The fraction of sp³-hybridized carbons (Fsp3) is 0.500. The number of rotatable bonds is 6. The molecule has 1 saturated carbocycles. The van der Waals surface area contributed by atoms with Gasteiger partial charge in [0.1, 0.15) is 6.04 Å². The zero-order valence-corrected chi connectivity index (χ0v) is 14.4. The number of aliphatic carboxylic acids is 1. The van der Waals surface area contributed by atoms with Crippen LogP contribution < -0.4 is 4.72 Å². The number of carboxylic acid groups (broad SMARTS) is 1. The molecule has 1 heterocycles. The van der Waals surface area contributed by atoms with Crippen molar-refractivity contribution in [3.05, 3.63) is 24.3 Å². The maximum atomic E-state index is 12.7. The molecule has 0 spiro atoms. The van der Waals surface area contributed by atoms with E-state index >= 15 is 0 Å². The van der Waals surface area contributed by atoms with Gasteiger partial charge in [-0.1, -0.05) is 6.07 Å². The highest BCUT2D eigenvalue weighted by molar-refractivity contribution is 7.90. The summed E-state index contributed by atoms with van der Waals surface area (Å²) in [5.41, 5.74) is 0. The van der Waals surface area contributed by atoms with E-state index in [1.165, 1.54) is 18.2 Å². The summed E-state index contributed by atoms with van der Waals surface area (Å²) in [4.78, 5) is 10.9. The number of sulfonamides is 2. The summed E-state index contributed by atoms with van der Waals surface area (Å²) in [6, 6.07) is 3.83. The first-order valence-corrected chi connectivity index (χ1v) is 10.5. The molecule has 3 rings (SSSR count). The van der Waals surface area contributed by atoms with Crippen molar-refractivity contribution >= 4 is 26.0 Å². The van der Waals surface area contributed by atoms with E-state index in [2.05, 4.69) is 4.72 Å². The number of hydrogen-bond acceptors (Lipinski definition) is 5. The van der Waals surface area contributed by atoms with Crippen LogP contribution in [0.5, 0.6) is 0 Å². The van der Waals surface area contributed by atoms with Crippen molar-refractivity contribution in [2.45, 2.75) is 47.6 Å². The summed E-state index contributed by atoms with van der Waals surface area (Å²) in [6.45, 7) is 0.108. The van der Waals surface area contributed by atoms with Crippen molar-refractivity contribution in [1.29, 1.82) is 0 Å². The maximum absolute atomic E-state index is 12.7. The molecule has 132 valence electrons. The molecule has 0 amide bonds. The zero-order chi connectivity index (χ0) is 17.5. The minimum atomic E-state index is -4.07. The molecule has 1 saturated heterocycles. The lowest BCUT2D eigenvalue weighted by Gasteiger charge is -2.21. The van der Waals surface area contributed by atoms with E-state index < -0.39 is 32.1 Å². The van der Waals surface area contributed by atoms with Gasteiger partial charge in [-0.3, -0.25) is 4.79 Å². The first-order valence-electron chi connectivity index (χ1n) is 7.59. The average Bonchev–Trinajstić information content (AvgIpc) is 3.17. The third kappa shape index (κ3) is 3.32. The highest BCUT2D eigenvalue weighted by Gasteiger charge is 2.39. The maximum Gasteiger partial charge on any atom is 0.322 e. The molecule has 0 unspecified atom stereocenters. The van der Waals surface area contributed by atoms with Crippen molar-refractivity contribution < 1.29 is 26.7 Å². The van der Waals surface area contributed by atoms with Gasteiger partial charge in [-0.2, -0.15) is 4.31 Å². The molecule has 0 bridgehead atoms. The average molecular weight is 374 g/mol. The predicted octanol–water partition coefficient (Wildman–Crippen LogP) is 0.365. The largest absolute Gasteiger partial charge is 0.480 e. The number of carbonyl (C=O) groups is 1. The molecular weight excluding hydrogens is 356 g/mol. The van der Waals surface area contributed by atoms with Gasteiger partial charge in [0.2, 0.25) is 20.0 Å². The quantitative estimate of drug-likeness (QED) is 0.742. The van der Waals surface area contributed by atoms with Crippen LogP contribution in [0.1, 0.15) is 25.7 Å². The van der Waals surface area contributed by atoms with Gasteiger partial charge < -0.3 is 5.11 Å². The van der Waals surface area contributed by atoms with Gasteiger partial charge in [-0.25, -0.2) is 21.6 Å². The van der Waals surface area contributed by atoms with Crippen LogP contribution in [-0.2, 0) is 24.8 Å². The van der Waals surface area contributed by atoms with E-state index in [4.69, 9.17) is 0 Å². The minimum Gasteiger partial charge on any atom is -0.480 e. The van der Waals surface area contributed by atoms with E-state index in [-0.39, 0.29) is 28.8 Å². The van der Waals surface area contributed by atoms with Crippen LogP contribution in [0.4, 0.5) is 0 Å². The Balaban J connectivity index is 1.94. The number of carboxylic acids is 1. The van der Waals surface area contributed by atoms with E-state index in [9.17, 15) is 26.7 Å². The summed E-state index contributed by atoms with van der Waals surface area (Å²) in [7, 11) is -7.85. The molecule has 2 aliphatic rings. The monoisotopic (exact) mass is 374 g/mol. The molecule has 1 aliphatic carbocycles. The van der Waals surface area contributed by atoms with Crippen molar-refractivity contribution in [3.63, 3.8) is 0 Å². The Labute approximate surface area is 140 Å². The highest BCUT2D eigenvalue weighted by atomic mass is 32.2. The van der Waals surface area contributed by atoms with E-state index in [1.807, 2.05) is 0 Å². The number of nitrogens with one attached hydrogen (secondary N) is 1. The number of nitrogens with zero attached hydrogens (tertiary/aromatic N) is 1. The Kier molecular flexibility index (Phi) is 4.41. The number of hydrogen-bond donors (Lipinski definition) is 2. The fourth-order valence-corrected chi connectivity index (χ4v) is 5.82. The SMILES string of the molecule is O=C(O)[C@H]1CCCN1S(=O)(=O)c1cccc(S(=O)(=O)NC2CC2)c1. The van der Waals surface area contributed by atoms with Gasteiger partial charge in [0.25, 0.3) is 0 Å². The van der Waals surface area contributed by atoms with Gasteiger partial charge in [-0.15, -0.1) is 0 Å². The van der Waals surface area contributed by atoms with Gasteiger partial charge in [-0.05, 0) is 43.9 Å². The molecule has 0 aromatic heterocycles. The third-order valence-electron chi connectivity index (χ3n) is 4.11. The van der Waals surface area contributed by atoms with Crippen LogP contribution in [0.3, 0.4) is 0 Å². The molecule has 1 aromatic rings. The Bertz CT molecular complexity index is 861. The highest BCUT2D eigenvalue weighted by Crippen LogP contribution is 2.28. The standard InChI is InChI=1S/C14H18N2O6S2/c17-14(18)13-5-2-8-16(13)24(21,22)12-4-1-3-11(9-12)23(19,20)15-10-6-7-10/h1,3-4,9-10,13,15H,2,5-8H2,(H,17,18)/t13-/m1/s1. The predicted molar refractivity (Wildman–Crippen MR) is 84.3 cm³/mol. The van der Waals surface area contributed by atoms with E-state index in [0.29, 0.717) is 6.42 Å². The van der Waals surface area contributed by atoms with Crippen LogP contribution in [0.25, 0.3) is 0 Å². The molecular formula is C14H18N2O6S2. The molecule has 1 aliphatic heterocycles. The molecule has 8 nitrogen and oxygen atoms in total. The molecule has 2 N–H and O–H groups in total. The van der Waals surface area contributed by atoms with Crippen molar-refractivity contribution in [2.24, 2.45) is 0 Å². The minimum absolute atomic E-state index is 0.0924. The lowest BCUT2D eigenvalue weighted by molar-refractivity contribution is -0.140. The smallest absolute Gasteiger partial charge is 0.322 e. The Morgan fingerprint density at radius 1 is 1.12 bits per heavy atom. The second-order valence-electron chi connectivity index (χ2n) is 5.98. The van der Waals surface area contributed by atoms with Crippen LogP contribution in [-0.4, -0.2) is 50.8 Å². The van der Waals surface area contributed by atoms with Gasteiger partial charge in [0, 0.05) is 12.6 Å². The summed E-state index contributed by atoms with van der Waals surface area (Å²) in [5.74, 6) is -1.20. The van der Waals surface area contributed by atoms with E-state index in [1.54, 1.807) is 0 Å². The summed E-state index contributed by atoms with van der Waals surface area (Å²) < 4.78 is 53.3. The molecule has 1 aromatic carbocycles. The lowest BCUT2D eigenvalue weighted by atomic mass is 10.2. The van der Waals surface area contributed by atoms with Crippen molar-refractivity contribution in [2.75, 3.05) is 6.54 Å². The van der Waals surface area contributed by atoms with Crippen LogP contribution in [0.2, 0.25) is 0 Å². The van der Waals surface area contributed by atoms with Crippen LogP contribution in [0.15, 0.2) is 34.1 Å². The fourth-order valence-electron chi connectivity index (χ4n) is 2.70. The molecule has 0 radical (unpaired) electrons. The van der Waals surface area contributed by atoms with Gasteiger partial charge in [0.05, 0.1) is 9.79 Å². The molecule has 2 fully saturated rings. The molecule has 10 heteroatoms. The lowest BCUT2D eigenvalue weighted by Crippen LogP contribution is -2.40. The molecule has 1 atom stereocenters. The van der Waals surface area contributed by atoms with Gasteiger partial charge >= 0.3 is 5.97 Å². The normalized spacial score (nSPS) is 22.6. The Morgan fingerprint density at radius 2 is 1.79 bits per heavy atom. The first kappa shape index (κ1) is 17.3. The van der Waals surface area contributed by atoms with Crippen molar-refractivity contribution in [3.8, 4) is 0 Å². The van der Waals surface area contributed by atoms with Crippen LogP contribution in [0, 0.1) is 0 Å². The summed E-state index contributed by atoms with van der Waals surface area (Å²) >= 11 is 0. The second kappa shape index (κ2) is 6.10. The molecule has 24 heavy (non-hydrogen) atoms. The summed E-state index contributed by atoms with van der Waals surface area (Å²) in [6.07, 6.45) is 2.24. The third-order valence-corrected chi connectivity index (χ3v) is 7.53. The van der Waals surface area contributed by atoms with E-state index in [0.717, 1.165) is 23.2 Å². The summed E-state index contributed by atoms with van der Waals surface area (Å²) in [5, 5.41) is 9.17. The van der Waals surface area contributed by atoms with Crippen molar-refractivity contribution in [1.82, 2.24) is 9.03 Å². The number of benzene rings is 1. The van der Waals surface area contributed by atoms with Crippen LogP contribution >= 0.6 is 0 Å². The Morgan fingerprint density at radius 3 is 2.42 bits per heavy atom. The zero-order valence-electron chi connectivity index (χ0n) is 12.8. The Hall–Kier alpha value is -1.49.